The molecule has 0 radical (unpaired) electrons. The van der Waals surface area contributed by atoms with Crippen LogP contribution in [0.4, 0.5) is 0 Å². The summed E-state index contributed by atoms with van der Waals surface area (Å²) >= 11 is 13.4. The van der Waals surface area contributed by atoms with Gasteiger partial charge in [-0.05, 0) is 41.3 Å². The summed E-state index contributed by atoms with van der Waals surface area (Å²) in [6.45, 7) is 4.55. The van der Waals surface area contributed by atoms with Gasteiger partial charge in [-0.2, -0.15) is 0 Å². The van der Waals surface area contributed by atoms with E-state index in [4.69, 9.17) is 32.4 Å². The van der Waals surface area contributed by atoms with Gasteiger partial charge in [0.1, 0.15) is 5.75 Å². The minimum atomic E-state index is 0.237. The van der Waals surface area contributed by atoms with Crippen LogP contribution in [0.1, 0.15) is 36.8 Å². The molecule has 0 amide bonds. The summed E-state index contributed by atoms with van der Waals surface area (Å²) in [4.78, 5) is 0. The summed E-state index contributed by atoms with van der Waals surface area (Å²) in [5.41, 5.74) is 2.31. The van der Waals surface area contributed by atoms with E-state index in [1.807, 2.05) is 24.3 Å². The van der Waals surface area contributed by atoms with Crippen LogP contribution in [-0.4, -0.2) is 10.2 Å². The van der Waals surface area contributed by atoms with Crippen LogP contribution in [0.2, 0.25) is 10.0 Å². The van der Waals surface area contributed by atoms with Crippen molar-refractivity contribution in [2.45, 2.75) is 37.3 Å². The number of benzene rings is 2. The highest BCUT2D eigenvalue weighted by Crippen LogP contribution is 2.27. The Morgan fingerprint density at radius 3 is 2.50 bits per heavy atom. The minimum absolute atomic E-state index is 0.237. The van der Waals surface area contributed by atoms with Crippen LogP contribution < -0.4 is 4.74 Å². The molecule has 0 fully saturated rings. The zero-order chi connectivity index (χ0) is 18.5. The van der Waals surface area contributed by atoms with E-state index in [0.29, 0.717) is 32.8 Å². The van der Waals surface area contributed by atoms with Gasteiger partial charge in [0.25, 0.3) is 11.1 Å². The van der Waals surface area contributed by atoms with Crippen LogP contribution in [-0.2, 0) is 12.4 Å². The van der Waals surface area contributed by atoms with Gasteiger partial charge in [0.05, 0.1) is 10.0 Å². The molecule has 3 rings (SSSR count). The maximum absolute atomic E-state index is 6.02. The van der Waals surface area contributed by atoms with Gasteiger partial charge in [-0.15, -0.1) is 10.2 Å². The molecule has 0 aliphatic carbocycles. The van der Waals surface area contributed by atoms with E-state index in [-0.39, 0.29) is 6.61 Å². The molecule has 7 heteroatoms. The highest BCUT2D eigenvalue weighted by Gasteiger charge is 2.09. The molecule has 0 aliphatic heterocycles. The van der Waals surface area contributed by atoms with Crippen molar-refractivity contribution in [3.8, 4) is 5.75 Å². The molecule has 0 aliphatic rings. The second-order valence-corrected chi connectivity index (χ2v) is 7.75. The Bertz CT molecular complexity index is 866. The molecule has 26 heavy (non-hydrogen) atoms. The van der Waals surface area contributed by atoms with Crippen molar-refractivity contribution in [2.75, 3.05) is 0 Å². The molecule has 3 aromatic rings. The fourth-order valence-electron chi connectivity index (χ4n) is 2.22. The summed E-state index contributed by atoms with van der Waals surface area (Å²) in [6.07, 6.45) is 0. The molecule has 136 valence electrons. The van der Waals surface area contributed by atoms with E-state index < -0.39 is 0 Å². The summed E-state index contributed by atoms with van der Waals surface area (Å²) in [7, 11) is 0. The molecular formula is C19H18Cl2N2O2S. The third kappa shape index (κ3) is 5.16. The van der Waals surface area contributed by atoms with Crippen LogP contribution >= 0.6 is 35.0 Å². The second kappa shape index (κ2) is 8.80. The zero-order valence-corrected chi connectivity index (χ0v) is 16.7. The topological polar surface area (TPSA) is 48.2 Å². The number of ether oxygens (including phenoxy) is 1. The maximum Gasteiger partial charge on any atom is 0.277 e. The van der Waals surface area contributed by atoms with Gasteiger partial charge in [0.15, 0.2) is 6.61 Å². The smallest absolute Gasteiger partial charge is 0.277 e. The third-order valence-corrected chi connectivity index (χ3v) is 5.33. The Morgan fingerprint density at radius 1 is 1.04 bits per heavy atom. The molecule has 0 spiro atoms. The van der Waals surface area contributed by atoms with Crippen molar-refractivity contribution in [1.82, 2.24) is 10.2 Å². The Morgan fingerprint density at radius 2 is 1.81 bits per heavy atom. The highest BCUT2D eigenvalue weighted by atomic mass is 35.5. The average molecular weight is 409 g/mol. The van der Waals surface area contributed by atoms with Crippen LogP contribution in [0, 0.1) is 0 Å². The number of hydrogen-bond acceptors (Lipinski definition) is 5. The van der Waals surface area contributed by atoms with E-state index in [2.05, 4.69) is 36.2 Å². The van der Waals surface area contributed by atoms with Gasteiger partial charge in [-0.25, -0.2) is 0 Å². The van der Waals surface area contributed by atoms with Crippen molar-refractivity contribution < 1.29 is 9.15 Å². The van der Waals surface area contributed by atoms with Crippen molar-refractivity contribution in [1.29, 1.82) is 0 Å². The Balaban J connectivity index is 1.52. The minimum Gasteiger partial charge on any atom is -0.484 e. The van der Waals surface area contributed by atoms with Crippen molar-refractivity contribution in [3.05, 3.63) is 69.5 Å². The lowest BCUT2D eigenvalue weighted by molar-refractivity contribution is 0.252. The molecule has 0 saturated carbocycles. The van der Waals surface area contributed by atoms with E-state index in [0.717, 1.165) is 11.3 Å². The van der Waals surface area contributed by atoms with Crippen LogP contribution in [0.25, 0.3) is 0 Å². The van der Waals surface area contributed by atoms with Gasteiger partial charge in [-0.3, -0.25) is 0 Å². The van der Waals surface area contributed by atoms with Gasteiger partial charge in [0, 0.05) is 5.75 Å². The van der Waals surface area contributed by atoms with Crippen molar-refractivity contribution >= 4 is 35.0 Å². The molecule has 0 unspecified atom stereocenters. The van der Waals surface area contributed by atoms with Crippen LogP contribution in [0.15, 0.2) is 52.1 Å². The number of nitrogens with zero attached hydrogens (tertiary/aromatic N) is 2. The summed E-state index contributed by atoms with van der Waals surface area (Å²) in [6, 6.07) is 13.5. The number of thioether (sulfide) groups is 1. The first-order valence-electron chi connectivity index (χ1n) is 8.13. The standard InChI is InChI=1S/C19H18Cl2N2O2S/c1-12(2)14-4-6-15(7-5-14)24-10-18-22-23-19(25-18)26-11-13-3-8-16(20)17(21)9-13/h3-9,12H,10-11H2,1-2H3. The van der Waals surface area contributed by atoms with E-state index in [9.17, 15) is 0 Å². The maximum atomic E-state index is 6.02. The van der Waals surface area contributed by atoms with E-state index >= 15 is 0 Å². The molecule has 0 N–H and O–H groups in total. The Hall–Kier alpha value is -1.69. The molecule has 0 saturated heterocycles. The van der Waals surface area contributed by atoms with Gasteiger partial charge in [0.2, 0.25) is 0 Å². The number of hydrogen-bond donors (Lipinski definition) is 0. The first kappa shape index (κ1) is 19.1. The SMILES string of the molecule is CC(C)c1ccc(OCc2nnc(SCc3ccc(Cl)c(Cl)c3)o2)cc1. The zero-order valence-electron chi connectivity index (χ0n) is 14.4. The summed E-state index contributed by atoms with van der Waals surface area (Å²) in [5, 5.41) is 9.61. The highest BCUT2D eigenvalue weighted by molar-refractivity contribution is 7.98. The first-order chi connectivity index (χ1) is 12.5. The molecule has 4 nitrogen and oxygen atoms in total. The van der Waals surface area contributed by atoms with Crippen LogP contribution in [0.3, 0.4) is 0 Å². The normalized spacial score (nSPS) is 11.1. The molecule has 0 atom stereocenters. The predicted molar refractivity (Wildman–Crippen MR) is 105 cm³/mol. The Labute approximate surface area is 166 Å². The molecular weight excluding hydrogens is 391 g/mol. The van der Waals surface area contributed by atoms with Crippen molar-refractivity contribution in [3.63, 3.8) is 0 Å². The quantitative estimate of drug-likeness (QED) is 0.424. The van der Waals surface area contributed by atoms with Crippen LogP contribution in [0.5, 0.6) is 5.75 Å². The monoisotopic (exact) mass is 408 g/mol. The predicted octanol–water partition coefficient (Wildman–Crippen LogP) is 6.37. The Kier molecular flexibility index (Phi) is 6.46. The summed E-state index contributed by atoms with van der Waals surface area (Å²) < 4.78 is 11.3. The molecule has 0 bridgehead atoms. The largest absolute Gasteiger partial charge is 0.484 e. The van der Waals surface area contributed by atoms with E-state index in [1.54, 1.807) is 6.07 Å². The van der Waals surface area contributed by atoms with E-state index in [1.165, 1.54) is 17.3 Å². The van der Waals surface area contributed by atoms with Gasteiger partial charge in [-0.1, -0.05) is 67.0 Å². The second-order valence-electron chi connectivity index (χ2n) is 6.01. The first-order valence-corrected chi connectivity index (χ1v) is 9.87. The van der Waals surface area contributed by atoms with Gasteiger partial charge < -0.3 is 9.15 Å². The average Bonchev–Trinajstić information content (AvgIpc) is 3.09. The lowest BCUT2D eigenvalue weighted by Gasteiger charge is -2.07. The molecule has 2 aromatic carbocycles. The fraction of sp³-hybridized carbons (Fsp3) is 0.263. The molecule has 1 aromatic heterocycles. The third-order valence-electron chi connectivity index (χ3n) is 3.70. The lowest BCUT2D eigenvalue weighted by Crippen LogP contribution is -1.96. The summed E-state index contributed by atoms with van der Waals surface area (Å²) in [5.74, 6) is 2.37. The van der Waals surface area contributed by atoms with Gasteiger partial charge >= 0.3 is 0 Å². The number of rotatable bonds is 7. The van der Waals surface area contributed by atoms with Crippen molar-refractivity contribution in [2.24, 2.45) is 0 Å². The number of halogens is 2. The fourth-order valence-corrected chi connectivity index (χ4v) is 3.27. The molecule has 1 heterocycles. The lowest BCUT2D eigenvalue weighted by atomic mass is 10.0. The number of aromatic nitrogens is 2.